The van der Waals surface area contributed by atoms with E-state index in [2.05, 4.69) is 10.6 Å². The SMILES string of the molecule is CC(CC#N)NC(=O)C(Cc1ccccc1)NC(=O)c1cccs1. The molecule has 2 unspecified atom stereocenters. The largest absolute Gasteiger partial charge is 0.351 e. The van der Waals surface area contributed by atoms with E-state index < -0.39 is 6.04 Å². The average Bonchev–Trinajstić information content (AvgIpc) is 3.10. The number of rotatable bonds is 7. The van der Waals surface area contributed by atoms with Crippen LogP contribution < -0.4 is 10.6 Å². The van der Waals surface area contributed by atoms with E-state index in [0.717, 1.165) is 5.56 Å². The van der Waals surface area contributed by atoms with Gasteiger partial charge in [0.25, 0.3) is 5.91 Å². The number of amides is 2. The Morgan fingerprint density at radius 1 is 1.17 bits per heavy atom. The first-order valence-corrected chi connectivity index (χ1v) is 8.53. The van der Waals surface area contributed by atoms with Gasteiger partial charge in [-0.15, -0.1) is 11.3 Å². The monoisotopic (exact) mass is 341 g/mol. The standard InChI is InChI=1S/C18H19N3O2S/c1-13(9-10-19)20-17(22)15(12-14-6-3-2-4-7-14)21-18(23)16-8-5-11-24-16/h2-8,11,13,15H,9,12H2,1H3,(H,20,22)(H,21,23). The van der Waals surface area contributed by atoms with Gasteiger partial charge in [-0.2, -0.15) is 5.26 Å². The third-order valence-electron chi connectivity index (χ3n) is 3.44. The summed E-state index contributed by atoms with van der Waals surface area (Å²) in [5.74, 6) is -0.555. The van der Waals surface area contributed by atoms with Crippen LogP contribution in [0.15, 0.2) is 47.8 Å². The topological polar surface area (TPSA) is 82.0 Å². The number of carbonyl (C=O) groups is 2. The van der Waals surface area contributed by atoms with E-state index in [9.17, 15) is 9.59 Å². The third kappa shape index (κ3) is 5.21. The molecule has 1 aromatic carbocycles. The highest BCUT2D eigenvalue weighted by molar-refractivity contribution is 7.12. The number of nitrogens with zero attached hydrogens (tertiary/aromatic N) is 1. The van der Waals surface area contributed by atoms with Crippen LogP contribution in [0.3, 0.4) is 0 Å². The van der Waals surface area contributed by atoms with Crippen LogP contribution in [0.1, 0.15) is 28.6 Å². The van der Waals surface area contributed by atoms with Crippen molar-refractivity contribution in [1.29, 1.82) is 5.26 Å². The molecule has 2 amide bonds. The second-order valence-electron chi connectivity index (χ2n) is 5.46. The van der Waals surface area contributed by atoms with E-state index in [4.69, 9.17) is 5.26 Å². The van der Waals surface area contributed by atoms with Crippen molar-refractivity contribution in [3.05, 3.63) is 58.3 Å². The van der Waals surface area contributed by atoms with Crippen LogP contribution in [-0.4, -0.2) is 23.9 Å². The van der Waals surface area contributed by atoms with Crippen molar-refractivity contribution in [2.75, 3.05) is 0 Å². The van der Waals surface area contributed by atoms with Crippen molar-refractivity contribution in [1.82, 2.24) is 10.6 Å². The minimum atomic E-state index is -0.692. The zero-order valence-corrected chi connectivity index (χ0v) is 14.2. The van der Waals surface area contributed by atoms with Crippen molar-refractivity contribution >= 4 is 23.2 Å². The molecule has 0 aliphatic heterocycles. The van der Waals surface area contributed by atoms with Gasteiger partial charge >= 0.3 is 0 Å². The maximum absolute atomic E-state index is 12.5. The van der Waals surface area contributed by atoms with Crippen molar-refractivity contribution in [2.45, 2.75) is 31.8 Å². The van der Waals surface area contributed by atoms with Gasteiger partial charge in [-0.25, -0.2) is 0 Å². The molecule has 0 saturated heterocycles. The molecule has 0 spiro atoms. The van der Waals surface area contributed by atoms with E-state index >= 15 is 0 Å². The molecule has 2 aromatic rings. The lowest BCUT2D eigenvalue weighted by molar-refractivity contribution is -0.123. The first kappa shape index (κ1) is 17.7. The smallest absolute Gasteiger partial charge is 0.262 e. The summed E-state index contributed by atoms with van der Waals surface area (Å²) in [7, 11) is 0. The van der Waals surface area contributed by atoms with Crippen molar-refractivity contribution in [3.63, 3.8) is 0 Å². The fourth-order valence-corrected chi connectivity index (χ4v) is 2.85. The number of hydrogen-bond acceptors (Lipinski definition) is 4. The molecule has 124 valence electrons. The van der Waals surface area contributed by atoms with Gasteiger partial charge in [-0.3, -0.25) is 9.59 Å². The van der Waals surface area contributed by atoms with Gasteiger partial charge in [0, 0.05) is 12.5 Å². The molecule has 2 rings (SSSR count). The Morgan fingerprint density at radius 2 is 1.92 bits per heavy atom. The Morgan fingerprint density at radius 3 is 2.54 bits per heavy atom. The Kier molecular flexibility index (Phi) is 6.52. The average molecular weight is 341 g/mol. The molecule has 0 aliphatic carbocycles. The molecule has 2 N–H and O–H groups in total. The molecular weight excluding hydrogens is 322 g/mol. The molecule has 1 heterocycles. The van der Waals surface area contributed by atoms with Gasteiger partial charge in [0.15, 0.2) is 0 Å². The van der Waals surface area contributed by atoms with Gasteiger partial charge in [0.1, 0.15) is 6.04 Å². The summed E-state index contributed by atoms with van der Waals surface area (Å²) in [6, 6.07) is 14.1. The van der Waals surface area contributed by atoms with Crippen LogP contribution in [0.2, 0.25) is 0 Å². The van der Waals surface area contributed by atoms with Gasteiger partial charge < -0.3 is 10.6 Å². The fourth-order valence-electron chi connectivity index (χ4n) is 2.23. The maximum Gasteiger partial charge on any atom is 0.262 e. The third-order valence-corrected chi connectivity index (χ3v) is 4.30. The molecule has 0 bridgehead atoms. The lowest BCUT2D eigenvalue weighted by Gasteiger charge is -2.20. The Balaban J connectivity index is 2.10. The molecule has 2 atom stereocenters. The van der Waals surface area contributed by atoms with E-state index in [1.54, 1.807) is 19.1 Å². The summed E-state index contributed by atoms with van der Waals surface area (Å²) in [6.07, 6.45) is 0.617. The summed E-state index contributed by atoms with van der Waals surface area (Å²) in [5.41, 5.74) is 0.956. The Labute approximate surface area is 145 Å². The summed E-state index contributed by atoms with van der Waals surface area (Å²) in [4.78, 5) is 25.4. The normalized spacial score (nSPS) is 12.7. The van der Waals surface area contributed by atoms with Gasteiger partial charge in [0.2, 0.25) is 5.91 Å². The van der Waals surface area contributed by atoms with Gasteiger partial charge in [-0.05, 0) is 23.9 Å². The molecule has 5 nitrogen and oxygen atoms in total. The number of nitrogens with one attached hydrogen (secondary N) is 2. The highest BCUT2D eigenvalue weighted by Crippen LogP contribution is 2.10. The maximum atomic E-state index is 12.5. The highest BCUT2D eigenvalue weighted by atomic mass is 32.1. The van der Waals surface area contributed by atoms with E-state index in [-0.39, 0.29) is 24.3 Å². The second kappa shape index (κ2) is 8.85. The van der Waals surface area contributed by atoms with E-state index in [1.165, 1.54) is 11.3 Å². The number of benzene rings is 1. The predicted molar refractivity (Wildman–Crippen MR) is 93.6 cm³/mol. The molecule has 0 aliphatic rings. The van der Waals surface area contributed by atoms with E-state index in [0.29, 0.717) is 11.3 Å². The molecule has 0 radical (unpaired) electrons. The van der Waals surface area contributed by atoms with Crippen molar-refractivity contribution in [3.8, 4) is 6.07 Å². The van der Waals surface area contributed by atoms with Crippen LogP contribution in [-0.2, 0) is 11.2 Å². The molecule has 1 aromatic heterocycles. The van der Waals surface area contributed by atoms with Gasteiger partial charge in [0.05, 0.1) is 17.4 Å². The lowest BCUT2D eigenvalue weighted by Crippen LogP contribution is -2.50. The zero-order chi connectivity index (χ0) is 17.4. The van der Waals surface area contributed by atoms with Crippen molar-refractivity contribution in [2.24, 2.45) is 0 Å². The molecule has 24 heavy (non-hydrogen) atoms. The van der Waals surface area contributed by atoms with Crippen LogP contribution in [0.4, 0.5) is 0 Å². The number of hydrogen-bond donors (Lipinski definition) is 2. The van der Waals surface area contributed by atoms with Crippen LogP contribution in [0, 0.1) is 11.3 Å². The first-order chi connectivity index (χ1) is 11.6. The van der Waals surface area contributed by atoms with E-state index in [1.807, 2.05) is 41.8 Å². The highest BCUT2D eigenvalue weighted by Gasteiger charge is 2.23. The number of thiophene rings is 1. The number of carbonyl (C=O) groups excluding carboxylic acids is 2. The second-order valence-corrected chi connectivity index (χ2v) is 6.41. The quantitative estimate of drug-likeness (QED) is 0.812. The number of nitriles is 1. The summed E-state index contributed by atoms with van der Waals surface area (Å²) in [6.45, 7) is 1.77. The van der Waals surface area contributed by atoms with Crippen LogP contribution >= 0.6 is 11.3 Å². The minimum Gasteiger partial charge on any atom is -0.351 e. The summed E-state index contributed by atoms with van der Waals surface area (Å²) >= 11 is 1.33. The molecule has 0 saturated carbocycles. The Bertz CT molecular complexity index is 708. The predicted octanol–water partition coefficient (Wildman–Crippen LogP) is 2.51. The zero-order valence-electron chi connectivity index (χ0n) is 13.4. The first-order valence-electron chi connectivity index (χ1n) is 7.65. The van der Waals surface area contributed by atoms with Crippen LogP contribution in [0.5, 0.6) is 0 Å². The summed E-state index contributed by atoms with van der Waals surface area (Å²) in [5, 5.41) is 16.1. The Hall–Kier alpha value is -2.65. The van der Waals surface area contributed by atoms with Crippen molar-refractivity contribution < 1.29 is 9.59 Å². The van der Waals surface area contributed by atoms with Crippen LogP contribution in [0.25, 0.3) is 0 Å². The minimum absolute atomic E-state index is 0.225. The fraction of sp³-hybridized carbons (Fsp3) is 0.278. The van der Waals surface area contributed by atoms with Gasteiger partial charge in [-0.1, -0.05) is 36.4 Å². The molecular formula is C18H19N3O2S. The summed E-state index contributed by atoms with van der Waals surface area (Å²) < 4.78 is 0. The molecule has 6 heteroatoms. The molecule has 0 fully saturated rings. The lowest BCUT2D eigenvalue weighted by atomic mass is 10.0.